The molecule has 4 rings (SSSR count). The fraction of sp³-hybridized carbons (Fsp3) is 0.0833. The first kappa shape index (κ1) is 21.7. The fourth-order valence-corrected chi connectivity index (χ4v) is 4.51. The zero-order chi connectivity index (χ0) is 21.8. The van der Waals surface area contributed by atoms with Crippen LogP contribution in [0.25, 0.3) is 6.08 Å². The second-order valence-corrected chi connectivity index (χ2v) is 9.03. The standard InChI is InChI=1S/C24H17BrClNO3S/c25-19-10-4-1-8-17(19)14-27-23(28)22(31-24(27)29)13-16-7-3-6-12-21(16)30-15-18-9-2-5-11-20(18)26/h1-13H,14-15H2/b22-13+. The van der Waals surface area contributed by atoms with E-state index >= 15 is 0 Å². The number of nitrogens with zero attached hydrogens (tertiary/aromatic N) is 1. The molecular formula is C24H17BrClNO3S. The van der Waals surface area contributed by atoms with Gasteiger partial charge in [-0.2, -0.15) is 0 Å². The van der Waals surface area contributed by atoms with Crippen molar-refractivity contribution in [1.29, 1.82) is 0 Å². The predicted octanol–water partition coefficient (Wildman–Crippen LogP) is 6.92. The van der Waals surface area contributed by atoms with E-state index in [1.165, 1.54) is 4.90 Å². The number of imide groups is 1. The molecule has 1 saturated heterocycles. The zero-order valence-electron chi connectivity index (χ0n) is 16.3. The maximum Gasteiger partial charge on any atom is 0.293 e. The lowest BCUT2D eigenvalue weighted by Crippen LogP contribution is -2.27. The van der Waals surface area contributed by atoms with Crippen LogP contribution < -0.4 is 4.74 Å². The molecule has 0 saturated carbocycles. The Morgan fingerprint density at radius 3 is 2.39 bits per heavy atom. The largest absolute Gasteiger partial charge is 0.488 e. The molecule has 0 atom stereocenters. The fourth-order valence-electron chi connectivity index (χ4n) is 3.08. The van der Waals surface area contributed by atoms with Crippen molar-refractivity contribution in [2.24, 2.45) is 0 Å². The third-order valence-electron chi connectivity index (χ3n) is 4.71. The lowest BCUT2D eigenvalue weighted by molar-refractivity contribution is -0.123. The summed E-state index contributed by atoms with van der Waals surface area (Å²) in [6, 6.07) is 22.4. The van der Waals surface area contributed by atoms with E-state index in [1.54, 1.807) is 6.08 Å². The Morgan fingerprint density at radius 2 is 1.61 bits per heavy atom. The van der Waals surface area contributed by atoms with E-state index in [4.69, 9.17) is 16.3 Å². The van der Waals surface area contributed by atoms with E-state index in [1.807, 2.05) is 72.8 Å². The average molecular weight is 515 g/mol. The Labute approximate surface area is 198 Å². The molecule has 4 nitrogen and oxygen atoms in total. The first-order valence-electron chi connectivity index (χ1n) is 9.47. The third kappa shape index (κ3) is 5.03. The van der Waals surface area contributed by atoms with Crippen molar-refractivity contribution in [3.8, 4) is 5.75 Å². The van der Waals surface area contributed by atoms with Crippen molar-refractivity contribution < 1.29 is 14.3 Å². The Bertz CT molecular complexity index is 1180. The van der Waals surface area contributed by atoms with E-state index in [-0.39, 0.29) is 17.7 Å². The minimum absolute atomic E-state index is 0.216. The van der Waals surface area contributed by atoms with Crippen LogP contribution in [0.1, 0.15) is 16.7 Å². The molecule has 1 aliphatic heterocycles. The number of amides is 2. The Balaban J connectivity index is 1.54. The first-order chi connectivity index (χ1) is 15.0. The van der Waals surface area contributed by atoms with Gasteiger partial charge < -0.3 is 4.74 Å². The molecule has 0 aromatic heterocycles. The number of carbonyl (C=O) groups is 2. The maximum absolute atomic E-state index is 12.9. The average Bonchev–Trinajstić information content (AvgIpc) is 3.03. The monoisotopic (exact) mass is 513 g/mol. The minimum Gasteiger partial charge on any atom is -0.488 e. The Kier molecular flexibility index (Phi) is 6.80. The topological polar surface area (TPSA) is 46.6 Å². The quantitative estimate of drug-likeness (QED) is 0.335. The molecule has 2 amide bonds. The lowest BCUT2D eigenvalue weighted by Gasteiger charge is -2.13. The number of para-hydroxylation sites is 1. The summed E-state index contributed by atoms with van der Waals surface area (Å²) in [4.78, 5) is 27.0. The second-order valence-electron chi connectivity index (χ2n) is 6.78. The van der Waals surface area contributed by atoms with Gasteiger partial charge in [0.15, 0.2) is 0 Å². The molecular weight excluding hydrogens is 498 g/mol. The van der Waals surface area contributed by atoms with E-state index in [9.17, 15) is 9.59 Å². The molecule has 0 spiro atoms. The first-order valence-corrected chi connectivity index (χ1v) is 11.5. The predicted molar refractivity (Wildman–Crippen MR) is 128 cm³/mol. The van der Waals surface area contributed by atoms with Crippen LogP contribution in [0.3, 0.4) is 0 Å². The van der Waals surface area contributed by atoms with Gasteiger partial charge in [-0.15, -0.1) is 0 Å². The van der Waals surface area contributed by atoms with Gasteiger partial charge >= 0.3 is 0 Å². The van der Waals surface area contributed by atoms with E-state index in [0.29, 0.717) is 22.3 Å². The van der Waals surface area contributed by atoms with Gasteiger partial charge in [0, 0.05) is 20.6 Å². The van der Waals surface area contributed by atoms with Gasteiger partial charge in [0.05, 0.1) is 11.4 Å². The van der Waals surface area contributed by atoms with E-state index in [0.717, 1.165) is 32.9 Å². The summed E-state index contributed by atoms with van der Waals surface area (Å²) in [7, 11) is 0. The van der Waals surface area contributed by atoms with Crippen molar-refractivity contribution in [2.75, 3.05) is 0 Å². The summed E-state index contributed by atoms with van der Waals surface area (Å²) in [6.45, 7) is 0.516. The van der Waals surface area contributed by atoms with Crippen molar-refractivity contribution in [1.82, 2.24) is 4.90 Å². The van der Waals surface area contributed by atoms with Gasteiger partial charge in [-0.05, 0) is 41.6 Å². The summed E-state index contributed by atoms with van der Waals surface area (Å²) >= 11 is 10.6. The SMILES string of the molecule is O=C1S/C(=C/c2ccccc2OCc2ccccc2Cl)C(=O)N1Cc1ccccc1Br. The Morgan fingerprint density at radius 1 is 0.935 bits per heavy atom. The van der Waals surface area contributed by atoms with Crippen LogP contribution in [0.4, 0.5) is 4.79 Å². The van der Waals surface area contributed by atoms with Gasteiger partial charge in [-0.1, -0.05) is 82.1 Å². The lowest BCUT2D eigenvalue weighted by atomic mass is 10.1. The van der Waals surface area contributed by atoms with Gasteiger partial charge in [0.25, 0.3) is 11.1 Å². The summed E-state index contributed by atoms with van der Waals surface area (Å²) in [5.74, 6) is 0.298. The Hall–Kier alpha value is -2.54. The molecule has 0 bridgehead atoms. The molecule has 3 aromatic carbocycles. The molecule has 1 heterocycles. The van der Waals surface area contributed by atoms with Crippen molar-refractivity contribution in [2.45, 2.75) is 13.2 Å². The molecule has 0 unspecified atom stereocenters. The van der Waals surface area contributed by atoms with Crippen LogP contribution >= 0.6 is 39.3 Å². The number of carbonyl (C=O) groups excluding carboxylic acids is 2. The maximum atomic E-state index is 12.9. The summed E-state index contributed by atoms with van der Waals surface area (Å²) in [5, 5.41) is 0.342. The molecule has 1 fully saturated rings. The normalized spacial score (nSPS) is 15.0. The highest BCUT2D eigenvalue weighted by atomic mass is 79.9. The smallest absolute Gasteiger partial charge is 0.293 e. The summed E-state index contributed by atoms with van der Waals surface area (Å²) < 4.78 is 6.82. The van der Waals surface area contributed by atoms with Crippen molar-refractivity contribution in [3.63, 3.8) is 0 Å². The zero-order valence-corrected chi connectivity index (χ0v) is 19.4. The third-order valence-corrected chi connectivity index (χ3v) is 6.76. The number of thioether (sulfide) groups is 1. The van der Waals surface area contributed by atoms with Gasteiger partial charge in [-0.3, -0.25) is 14.5 Å². The highest BCUT2D eigenvalue weighted by molar-refractivity contribution is 9.10. The van der Waals surface area contributed by atoms with Crippen LogP contribution in [0.15, 0.2) is 82.2 Å². The summed E-state index contributed by atoms with van der Waals surface area (Å²) in [6.07, 6.45) is 1.70. The highest BCUT2D eigenvalue weighted by Crippen LogP contribution is 2.35. The summed E-state index contributed by atoms with van der Waals surface area (Å²) in [5.41, 5.74) is 2.46. The second kappa shape index (κ2) is 9.73. The number of hydrogen-bond donors (Lipinski definition) is 0. The number of benzene rings is 3. The highest BCUT2D eigenvalue weighted by Gasteiger charge is 2.35. The number of ether oxygens (including phenoxy) is 1. The molecule has 3 aromatic rings. The molecule has 0 aliphatic carbocycles. The number of rotatable bonds is 6. The van der Waals surface area contributed by atoms with Crippen molar-refractivity contribution in [3.05, 3.63) is 104 Å². The van der Waals surface area contributed by atoms with Crippen LogP contribution in [-0.4, -0.2) is 16.0 Å². The van der Waals surface area contributed by atoms with Crippen LogP contribution in [0.5, 0.6) is 5.75 Å². The van der Waals surface area contributed by atoms with E-state index in [2.05, 4.69) is 15.9 Å². The van der Waals surface area contributed by atoms with Crippen LogP contribution in [0.2, 0.25) is 5.02 Å². The molecule has 0 radical (unpaired) electrons. The number of hydrogen-bond acceptors (Lipinski definition) is 4. The number of halogens is 2. The molecule has 1 aliphatic rings. The molecule has 156 valence electrons. The van der Waals surface area contributed by atoms with E-state index < -0.39 is 0 Å². The molecule has 7 heteroatoms. The van der Waals surface area contributed by atoms with Crippen molar-refractivity contribution >= 4 is 56.5 Å². The van der Waals surface area contributed by atoms with Gasteiger partial charge in [-0.25, -0.2) is 0 Å². The molecule has 31 heavy (non-hydrogen) atoms. The van der Waals surface area contributed by atoms with Crippen LogP contribution in [0, 0.1) is 0 Å². The van der Waals surface area contributed by atoms with Crippen LogP contribution in [-0.2, 0) is 17.9 Å². The van der Waals surface area contributed by atoms with Gasteiger partial charge in [0.2, 0.25) is 0 Å². The minimum atomic E-state index is -0.313. The molecule has 0 N–H and O–H groups in total. The van der Waals surface area contributed by atoms with Gasteiger partial charge in [0.1, 0.15) is 12.4 Å².